The van der Waals surface area contributed by atoms with Crippen molar-refractivity contribution in [2.75, 3.05) is 11.9 Å². The smallest absolute Gasteiger partial charge is 0.239 e. The number of nitrogens with one attached hydrogen (secondary N) is 1. The summed E-state index contributed by atoms with van der Waals surface area (Å²) in [4.78, 5) is 8.29. The molecule has 0 spiro atoms. The van der Waals surface area contributed by atoms with E-state index < -0.39 is 0 Å². The molecule has 0 unspecified atom stereocenters. The van der Waals surface area contributed by atoms with Gasteiger partial charge in [0.05, 0.1) is 12.4 Å². The summed E-state index contributed by atoms with van der Waals surface area (Å²) in [6.45, 7) is 2.79. The Hall–Kier alpha value is -1.81. The van der Waals surface area contributed by atoms with Gasteiger partial charge in [-0.15, -0.1) is 0 Å². The Morgan fingerprint density at radius 1 is 1.24 bits per heavy atom. The van der Waals surface area contributed by atoms with E-state index in [1.165, 1.54) is 0 Å². The van der Waals surface area contributed by atoms with E-state index in [1.54, 1.807) is 36.7 Å². The van der Waals surface area contributed by atoms with Gasteiger partial charge < -0.3 is 10.1 Å². The van der Waals surface area contributed by atoms with Crippen LogP contribution >= 0.6 is 11.6 Å². The molecule has 0 radical (unpaired) electrons. The monoisotopic (exact) mass is 249 g/mol. The van der Waals surface area contributed by atoms with Crippen LogP contribution in [0.15, 0.2) is 36.7 Å². The first-order chi connectivity index (χ1) is 8.28. The highest BCUT2D eigenvalue weighted by molar-refractivity contribution is 6.30. The van der Waals surface area contributed by atoms with Gasteiger partial charge >= 0.3 is 0 Å². The summed E-state index contributed by atoms with van der Waals surface area (Å²) in [5.74, 6) is 1.82. The van der Waals surface area contributed by atoms with E-state index in [0.29, 0.717) is 22.5 Å². The van der Waals surface area contributed by atoms with Crippen LogP contribution in [0.1, 0.15) is 6.92 Å². The Balaban J connectivity index is 2.12. The summed E-state index contributed by atoms with van der Waals surface area (Å²) in [5.41, 5.74) is 0. The summed E-state index contributed by atoms with van der Waals surface area (Å²) in [7, 11) is 0. The van der Waals surface area contributed by atoms with Crippen LogP contribution < -0.4 is 10.1 Å². The quantitative estimate of drug-likeness (QED) is 0.903. The maximum atomic E-state index is 5.79. The van der Waals surface area contributed by atoms with Gasteiger partial charge in [0.1, 0.15) is 11.6 Å². The molecule has 17 heavy (non-hydrogen) atoms. The minimum absolute atomic E-state index is 0.450. The lowest BCUT2D eigenvalue weighted by Crippen LogP contribution is -2.00. The lowest BCUT2D eigenvalue weighted by atomic mass is 10.3. The predicted molar refractivity (Wildman–Crippen MR) is 67.7 cm³/mol. The number of rotatable bonds is 4. The van der Waals surface area contributed by atoms with Crippen molar-refractivity contribution in [1.29, 1.82) is 0 Å². The van der Waals surface area contributed by atoms with Gasteiger partial charge in [0.2, 0.25) is 5.88 Å². The second kappa shape index (κ2) is 5.50. The zero-order valence-electron chi connectivity index (χ0n) is 9.35. The molecule has 1 aromatic carbocycles. The van der Waals surface area contributed by atoms with Crippen LogP contribution in [-0.4, -0.2) is 16.5 Å². The number of aromatic nitrogens is 2. The highest BCUT2D eigenvalue weighted by Gasteiger charge is 2.00. The molecule has 1 heterocycles. The molecule has 0 saturated heterocycles. The number of ether oxygens (including phenoxy) is 1. The first-order valence-electron chi connectivity index (χ1n) is 5.27. The van der Waals surface area contributed by atoms with Crippen molar-refractivity contribution in [2.45, 2.75) is 6.92 Å². The van der Waals surface area contributed by atoms with Gasteiger partial charge in [-0.2, -0.15) is 4.98 Å². The van der Waals surface area contributed by atoms with Crippen molar-refractivity contribution in [1.82, 2.24) is 9.97 Å². The Bertz CT molecular complexity index is 487. The molecule has 0 fully saturated rings. The minimum atomic E-state index is 0.450. The highest BCUT2D eigenvalue weighted by atomic mass is 35.5. The molecule has 2 rings (SSSR count). The fourth-order valence-electron chi connectivity index (χ4n) is 1.29. The van der Waals surface area contributed by atoms with Gasteiger partial charge in [-0.1, -0.05) is 11.6 Å². The van der Waals surface area contributed by atoms with Crippen molar-refractivity contribution < 1.29 is 4.74 Å². The Kier molecular flexibility index (Phi) is 3.77. The summed E-state index contributed by atoms with van der Waals surface area (Å²) in [6.07, 6.45) is 3.22. The molecule has 0 aliphatic carbocycles. The summed E-state index contributed by atoms with van der Waals surface area (Å²) >= 11 is 5.79. The maximum Gasteiger partial charge on any atom is 0.239 e. The van der Waals surface area contributed by atoms with Gasteiger partial charge in [-0.25, -0.2) is 0 Å². The zero-order valence-corrected chi connectivity index (χ0v) is 10.1. The first kappa shape index (κ1) is 11.7. The van der Waals surface area contributed by atoms with Crippen LogP contribution in [0.2, 0.25) is 5.02 Å². The Labute approximate surface area is 105 Å². The number of hydrogen-bond donors (Lipinski definition) is 1. The van der Waals surface area contributed by atoms with Gasteiger partial charge in [-0.3, -0.25) is 4.98 Å². The number of halogens is 1. The molecule has 0 atom stereocenters. The standard InChI is InChI=1S/C12H12ClN3O/c1-2-15-11-7-14-8-12(16-11)17-10-5-3-9(13)4-6-10/h3-8H,2H2,1H3,(H,15,16). The SMILES string of the molecule is CCNc1cncc(Oc2ccc(Cl)cc2)n1. The first-order valence-corrected chi connectivity index (χ1v) is 5.65. The maximum absolute atomic E-state index is 5.79. The van der Waals surface area contributed by atoms with E-state index in [0.717, 1.165) is 6.54 Å². The Morgan fingerprint density at radius 3 is 2.71 bits per heavy atom. The molecule has 2 aromatic rings. The lowest BCUT2D eigenvalue weighted by molar-refractivity contribution is 0.461. The third kappa shape index (κ3) is 3.32. The summed E-state index contributed by atoms with van der Waals surface area (Å²) in [6, 6.07) is 7.09. The van der Waals surface area contributed by atoms with E-state index in [9.17, 15) is 0 Å². The van der Waals surface area contributed by atoms with Crippen LogP contribution in [0.25, 0.3) is 0 Å². The molecule has 1 N–H and O–H groups in total. The van der Waals surface area contributed by atoms with E-state index in [2.05, 4.69) is 15.3 Å². The van der Waals surface area contributed by atoms with Crippen LogP contribution in [0.4, 0.5) is 5.82 Å². The van der Waals surface area contributed by atoms with E-state index in [4.69, 9.17) is 16.3 Å². The van der Waals surface area contributed by atoms with Crippen LogP contribution in [0.5, 0.6) is 11.6 Å². The normalized spacial score (nSPS) is 10.0. The van der Waals surface area contributed by atoms with E-state index in [1.807, 2.05) is 6.92 Å². The Morgan fingerprint density at radius 2 is 2.00 bits per heavy atom. The zero-order chi connectivity index (χ0) is 12.1. The van der Waals surface area contributed by atoms with Gasteiger partial charge in [0, 0.05) is 11.6 Å². The van der Waals surface area contributed by atoms with Gasteiger partial charge in [0.15, 0.2) is 0 Å². The van der Waals surface area contributed by atoms with Gasteiger partial charge in [0.25, 0.3) is 0 Å². The summed E-state index contributed by atoms with van der Waals surface area (Å²) in [5, 5.41) is 3.74. The van der Waals surface area contributed by atoms with E-state index in [-0.39, 0.29) is 0 Å². The number of benzene rings is 1. The third-order valence-corrected chi connectivity index (χ3v) is 2.26. The van der Waals surface area contributed by atoms with Crippen molar-refractivity contribution in [3.63, 3.8) is 0 Å². The van der Waals surface area contributed by atoms with Crippen LogP contribution in [-0.2, 0) is 0 Å². The lowest BCUT2D eigenvalue weighted by Gasteiger charge is -2.06. The molecule has 0 aliphatic rings. The predicted octanol–water partition coefficient (Wildman–Crippen LogP) is 3.35. The number of nitrogens with zero attached hydrogens (tertiary/aromatic N) is 2. The molecule has 4 nitrogen and oxygen atoms in total. The molecule has 0 bridgehead atoms. The summed E-state index contributed by atoms with van der Waals surface area (Å²) < 4.78 is 5.55. The van der Waals surface area contributed by atoms with Crippen molar-refractivity contribution in [2.24, 2.45) is 0 Å². The fourth-order valence-corrected chi connectivity index (χ4v) is 1.41. The topological polar surface area (TPSA) is 47.0 Å². The molecule has 5 heteroatoms. The molecule has 0 saturated carbocycles. The number of anilines is 1. The van der Waals surface area contributed by atoms with Crippen LogP contribution in [0, 0.1) is 0 Å². The molecule has 0 aliphatic heterocycles. The largest absolute Gasteiger partial charge is 0.437 e. The second-order valence-corrected chi connectivity index (χ2v) is 3.77. The molecule has 0 amide bonds. The van der Waals surface area contributed by atoms with Crippen molar-refractivity contribution in [3.05, 3.63) is 41.7 Å². The average molecular weight is 250 g/mol. The third-order valence-electron chi connectivity index (χ3n) is 2.01. The van der Waals surface area contributed by atoms with Gasteiger partial charge in [-0.05, 0) is 31.2 Å². The van der Waals surface area contributed by atoms with Crippen molar-refractivity contribution >= 4 is 17.4 Å². The average Bonchev–Trinajstić information content (AvgIpc) is 2.33. The molecule has 1 aromatic heterocycles. The molecule has 88 valence electrons. The number of hydrogen-bond acceptors (Lipinski definition) is 4. The van der Waals surface area contributed by atoms with Crippen LogP contribution in [0.3, 0.4) is 0 Å². The van der Waals surface area contributed by atoms with Crippen molar-refractivity contribution in [3.8, 4) is 11.6 Å². The second-order valence-electron chi connectivity index (χ2n) is 3.33. The fraction of sp³-hybridized carbons (Fsp3) is 0.167. The minimum Gasteiger partial charge on any atom is -0.437 e. The molecular weight excluding hydrogens is 238 g/mol. The molecular formula is C12H12ClN3O. The highest BCUT2D eigenvalue weighted by Crippen LogP contribution is 2.21. The van der Waals surface area contributed by atoms with E-state index >= 15 is 0 Å².